The van der Waals surface area contributed by atoms with Crippen molar-refractivity contribution in [1.29, 1.82) is 0 Å². The predicted octanol–water partition coefficient (Wildman–Crippen LogP) is 3.20. The van der Waals surface area contributed by atoms with Gasteiger partial charge in [0.2, 0.25) is 0 Å². The van der Waals surface area contributed by atoms with Gasteiger partial charge in [0.25, 0.3) is 0 Å². The first kappa shape index (κ1) is 9.11. The van der Waals surface area contributed by atoms with Gasteiger partial charge in [0.05, 0.1) is 7.11 Å². The van der Waals surface area contributed by atoms with Crippen molar-refractivity contribution in [2.45, 2.75) is 27.2 Å². The summed E-state index contributed by atoms with van der Waals surface area (Å²) in [6.45, 7) is 6.39. The van der Waals surface area contributed by atoms with E-state index in [2.05, 4.69) is 32.9 Å². The molecule has 0 aromatic carbocycles. The molecule has 1 aliphatic carbocycles. The van der Waals surface area contributed by atoms with Gasteiger partial charge in [-0.05, 0) is 44.4 Å². The van der Waals surface area contributed by atoms with Crippen LogP contribution in [0.25, 0.3) is 0 Å². The third-order valence-corrected chi connectivity index (χ3v) is 2.47. The van der Waals surface area contributed by atoms with E-state index in [0.717, 1.165) is 12.2 Å². The summed E-state index contributed by atoms with van der Waals surface area (Å²) >= 11 is 0. The third kappa shape index (κ3) is 1.60. The van der Waals surface area contributed by atoms with Crippen LogP contribution in [-0.2, 0) is 4.74 Å². The third-order valence-electron chi connectivity index (χ3n) is 2.47. The number of hydrogen-bond donors (Lipinski definition) is 0. The molecule has 0 atom stereocenters. The smallest absolute Gasteiger partial charge is 0.118 e. The Balaban J connectivity index is 3.07. The fraction of sp³-hybridized carbons (Fsp3) is 0.455. The van der Waals surface area contributed by atoms with Crippen LogP contribution in [0.15, 0.2) is 34.6 Å². The van der Waals surface area contributed by atoms with Crippen LogP contribution in [0.2, 0.25) is 0 Å². The van der Waals surface area contributed by atoms with Crippen molar-refractivity contribution >= 4 is 0 Å². The van der Waals surface area contributed by atoms with Crippen LogP contribution < -0.4 is 0 Å². The van der Waals surface area contributed by atoms with E-state index in [1.807, 2.05) is 0 Å². The Hall–Kier alpha value is -0.980. The van der Waals surface area contributed by atoms with Gasteiger partial charge in [0, 0.05) is 0 Å². The molecule has 0 aromatic heterocycles. The van der Waals surface area contributed by atoms with E-state index < -0.39 is 0 Å². The lowest BCUT2D eigenvalue weighted by Crippen LogP contribution is -1.91. The lowest BCUT2D eigenvalue weighted by Gasteiger charge is -2.08. The fourth-order valence-electron chi connectivity index (χ4n) is 1.37. The van der Waals surface area contributed by atoms with Gasteiger partial charge >= 0.3 is 0 Å². The Morgan fingerprint density at radius 1 is 1.08 bits per heavy atom. The molecule has 1 nitrogen and oxygen atoms in total. The Morgan fingerprint density at radius 3 is 2.33 bits per heavy atom. The summed E-state index contributed by atoms with van der Waals surface area (Å²) in [6, 6.07) is 0. The maximum atomic E-state index is 5.27. The molecular weight excluding hydrogens is 148 g/mol. The average molecular weight is 164 g/mol. The van der Waals surface area contributed by atoms with Gasteiger partial charge < -0.3 is 4.74 Å². The molecular formula is C11H16O. The summed E-state index contributed by atoms with van der Waals surface area (Å²) in [5.74, 6) is 1.01. The second kappa shape index (κ2) is 3.61. The summed E-state index contributed by atoms with van der Waals surface area (Å²) < 4.78 is 5.27. The van der Waals surface area contributed by atoms with Crippen molar-refractivity contribution in [3.63, 3.8) is 0 Å². The Labute approximate surface area is 74.4 Å². The highest BCUT2D eigenvalue weighted by Crippen LogP contribution is 2.24. The lowest BCUT2D eigenvalue weighted by molar-refractivity contribution is 0.299. The zero-order valence-electron chi connectivity index (χ0n) is 8.27. The predicted molar refractivity (Wildman–Crippen MR) is 51.8 cm³/mol. The number of allylic oxidation sites excluding steroid dienone is 5. The van der Waals surface area contributed by atoms with Crippen molar-refractivity contribution in [2.24, 2.45) is 0 Å². The molecule has 12 heavy (non-hydrogen) atoms. The largest absolute Gasteiger partial charge is 0.497 e. The fourth-order valence-corrected chi connectivity index (χ4v) is 1.37. The van der Waals surface area contributed by atoms with E-state index in [-0.39, 0.29) is 0 Å². The second-order valence-corrected chi connectivity index (χ2v) is 3.15. The zero-order valence-corrected chi connectivity index (χ0v) is 8.27. The van der Waals surface area contributed by atoms with Crippen LogP contribution in [-0.4, -0.2) is 7.11 Å². The van der Waals surface area contributed by atoms with Crippen LogP contribution in [0.3, 0.4) is 0 Å². The molecule has 0 unspecified atom stereocenters. The normalized spacial score (nSPS) is 18.3. The lowest BCUT2D eigenvalue weighted by atomic mass is 10.0. The summed E-state index contributed by atoms with van der Waals surface area (Å²) in [5, 5.41) is 0. The van der Waals surface area contributed by atoms with Crippen LogP contribution in [0.4, 0.5) is 0 Å². The first-order valence-electron chi connectivity index (χ1n) is 4.26. The SMILES string of the molecule is COC1=CCC=C(C)C(C)=C1C. The van der Waals surface area contributed by atoms with E-state index in [1.165, 1.54) is 16.7 Å². The minimum Gasteiger partial charge on any atom is -0.497 e. The minimum atomic E-state index is 0.976. The highest BCUT2D eigenvalue weighted by atomic mass is 16.5. The molecule has 0 aromatic rings. The van der Waals surface area contributed by atoms with Crippen molar-refractivity contribution in [3.8, 4) is 0 Å². The van der Waals surface area contributed by atoms with E-state index in [9.17, 15) is 0 Å². The van der Waals surface area contributed by atoms with Gasteiger partial charge in [0.1, 0.15) is 5.76 Å². The van der Waals surface area contributed by atoms with E-state index in [4.69, 9.17) is 4.74 Å². The van der Waals surface area contributed by atoms with Crippen LogP contribution in [0, 0.1) is 0 Å². The topological polar surface area (TPSA) is 9.23 Å². The minimum absolute atomic E-state index is 0.976. The monoisotopic (exact) mass is 164 g/mol. The molecule has 0 aliphatic heterocycles. The summed E-state index contributed by atoms with van der Waals surface area (Å²) in [4.78, 5) is 0. The van der Waals surface area contributed by atoms with Crippen molar-refractivity contribution in [3.05, 3.63) is 34.6 Å². The molecule has 66 valence electrons. The van der Waals surface area contributed by atoms with Gasteiger partial charge in [-0.15, -0.1) is 0 Å². The summed E-state index contributed by atoms with van der Waals surface area (Å²) in [5.41, 5.74) is 3.94. The van der Waals surface area contributed by atoms with Gasteiger partial charge in [-0.3, -0.25) is 0 Å². The quantitative estimate of drug-likeness (QED) is 0.578. The van der Waals surface area contributed by atoms with Crippen LogP contribution >= 0.6 is 0 Å². The van der Waals surface area contributed by atoms with Gasteiger partial charge in [-0.1, -0.05) is 11.6 Å². The number of methoxy groups -OCH3 is 1. The average Bonchev–Trinajstić information content (AvgIpc) is 2.19. The molecule has 1 rings (SSSR count). The van der Waals surface area contributed by atoms with Crippen molar-refractivity contribution in [2.75, 3.05) is 7.11 Å². The maximum Gasteiger partial charge on any atom is 0.118 e. The molecule has 1 aliphatic rings. The van der Waals surface area contributed by atoms with Gasteiger partial charge in [-0.2, -0.15) is 0 Å². The summed E-state index contributed by atoms with van der Waals surface area (Å²) in [6.07, 6.45) is 5.32. The van der Waals surface area contributed by atoms with Crippen LogP contribution in [0.5, 0.6) is 0 Å². The molecule has 0 saturated carbocycles. The Kier molecular flexibility index (Phi) is 2.74. The molecule has 0 N–H and O–H groups in total. The highest BCUT2D eigenvalue weighted by Gasteiger charge is 2.07. The molecule has 0 amide bonds. The zero-order chi connectivity index (χ0) is 9.14. The van der Waals surface area contributed by atoms with Crippen LogP contribution in [0.1, 0.15) is 27.2 Å². The number of ether oxygens (including phenoxy) is 1. The molecule has 0 spiro atoms. The highest BCUT2D eigenvalue weighted by molar-refractivity contribution is 5.42. The molecule has 0 saturated heterocycles. The van der Waals surface area contributed by atoms with E-state index in [1.54, 1.807) is 7.11 Å². The molecule has 0 bridgehead atoms. The van der Waals surface area contributed by atoms with E-state index >= 15 is 0 Å². The second-order valence-electron chi connectivity index (χ2n) is 3.15. The Morgan fingerprint density at radius 2 is 1.75 bits per heavy atom. The Bertz CT molecular complexity index is 267. The first-order chi connectivity index (χ1) is 5.66. The van der Waals surface area contributed by atoms with Gasteiger partial charge in [-0.25, -0.2) is 0 Å². The van der Waals surface area contributed by atoms with Gasteiger partial charge in [0.15, 0.2) is 0 Å². The standard InChI is InChI=1S/C11H16O/c1-8-6-5-7-11(12-4)10(3)9(8)2/h6-7H,5H2,1-4H3. The van der Waals surface area contributed by atoms with Crippen molar-refractivity contribution < 1.29 is 4.74 Å². The summed E-state index contributed by atoms with van der Waals surface area (Å²) in [7, 11) is 1.73. The molecule has 0 radical (unpaired) electrons. The molecule has 0 heterocycles. The van der Waals surface area contributed by atoms with E-state index in [0.29, 0.717) is 0 Å². The van der Waals surface area contributed by atoms with Crippen molar-refractivity contribution in [1.82, 2.24) is 0 Å². The number of rotatable bonds is 1. The molecule has 1 heteroatoms. The first-order valence-corrected chi connectivity index (χ1v) is 4.26. The maximum absolute atomic E-state index is 5.27. The molecule has 0 fully saturated rings. The number of hydrogen-bond acceptors (Lipinski definition) is 1.